The van der Waals surface area contributed by atoms with Crippen LogP contribution in [0.25, 0.3) is 0 Å². The van der Waals surface area contributed by atoms with Crippen molar-refractivity contribution in [3.05, 3.63) is 23.8 Å². The number of carbonyl (C=O) groups is 1. The summed E-state index contributed by atoms with van der Waals surface area (Å²) < 4.78 is 57.8. The number of benzene rings is 1. The summed E-state index contributed by atoms with van der Waals surface area (Å²) >= 11 is 0. The third-order valence-electron chi connectivity index (χ3n) is 3.06. The summed E-state index contributed by atoms with van der Waals surface area (Å²) in [6.07, 6.45) is -0.539. The van der Waals surface area contributed by atoms with Crippen LogP contribution in [-0.2, 0) is 15.5 Å². The highest BCUT2D eigenvalue weighted by molar-refractivity contribution is 7.70. The molecule has 0 saturated heterocycles. The molecule has 1 aromatic carbocycles. The van der Waals surface area contributed by atoms with Crippen LogP contribution in [0.3, 0.4) is 0 Å². The predicted octanol–water partition coefficient (Wildman–Crippen LogP) is 4.33. The Morgan fingerprint density at radius 3 is 2.24 bits per heavy atom. The summed E-state index contributed by atoms with van der Waals surface area (Å²) in [4.78, 5) is 13.0. The monoisotopic (exact) mass is 375 g/mol. The van der Waals surface area contributed by atoms with Gasteiger partial charge in [-0.1, -0.05) is 5.92 Å². The first-order chi connectivity index (χ1) is 11.2. The zero-order valence-electron chi connectivity index (χ0n) is 14.8. The molecule has 0 aliphatic heterocycles. The van der Waals surface area contributed by atoms with Crippen LogP contribution < -0.4 is 10.2 Å². The molecule has 0 aliphatic rings. The highest BCUT2D eigenvalue weighted by Gasteiger charge is 2.38. The van der Waals surface area contributed by atoms with E-state index < -0.39 is 42.8 Å². The van der Waals surface area contributed by atoms with Gasteiger partial charge in [0.25, 0.3) is 0 Å². The molecule has 1 amide bonds. The van der Waals surface area contributed by atoms with Crippen LogP contribution in [-0.4, -0.2) is 31.6 Å². The highest BCUT2D eigenvalue weighted by atomic mass is 31.2. The Labute approximate surface area is 145 Å². The van der Waals surface area contributed by atoms with Crippen molar-refractivity contribution in [1.82, 2.24) is 0 Å². The first kappa shape index (κ1) is 21.1. The number of rotatable bonds is 3. The molecule has 0 radical (unpaired) electrons. The number of nitrogens with zero attached hydrogens (tertiary/aromatic N) is 1. The van der Waals surface area contributed by atoms with Gasteiger partial charge < -0.3 is 9.30 Å². The van der Waals surface area contributed by atoms with Crippen LogP contribution in [0.15, 0.2) is 18.2 Å². The lowest BCUT2D eigenvalue weighted by Gasteiger charge is -2.28. The number of amides is 1. The molecule has 4 nitrogen and oxygen atoms in total. The standard InChI is InChI=1S/C17H21F3NO3P/c1-7-10-21(15(22)24-16(2,3)4)14-9-8-12(25(5,6)23)11-13(14)17(18,19)20/h1,8-9,11H,10H2,2-6H3. The summed E-state index contributed by atoms with van der Waals surface area (Å²) in [5, 5.41) is 0.0634. The first-order valence-electron chi connectivity index (χ1n) is 7.37. The molecule has 0 unspecified atom stereocenters. The maximum absolute atomic E-state index is 13.5. The maximum Gasteiger partial charge on any atom is 0.418 e. The number of hydrogen-bond donors (Lipinski definition) is 0. The minimum absolute atomic E-state index is 0.0634. The molecule has 0 aliphatic carbocycles. The SMILES string of the molecule is C#CCN(C(=O)OC(C)(C)C)c1ccc(P(C)(C)=O)cc1C(F)(F)F. The Balaban J connectivity index is 3.52. The maximum atomic E-state index is 13.5. The second-order valence-electron chi connectivity index (χ2n) is 6.82. The van der Waals surface area contributed by atoms with Crippen LogP contribution in [0.4, 0.5) is 23.7 Å². The second kappa shape index (κ2) is 7.13. The zero-order valence-corrected chi connectivity index (χ0v) is 15.7. The van der Waals surface area contributed by atoms with E-state index in [9.17, 15) is 22.5 Å². The fraction of sp³-hybridized carbons (Fsp3) is 0.471. The third kappa shape index (κ3) is 5.82. The summed E-state index contributed by atoms with van der Waals surface area (Å²) in [6, 6.07) is 3.20. The van der Waals surface area contributed by atoms with E-state index in [1.165, 1.54) is 19.4 Å². The Kier molecular flexibility index (Phi) is 6.02. The van der Waals surface area contributed by atoms with Crippen molar-refractivity contribution in [1.29, 1.82) is 0 Å². The van der Waals surface area contributed by atoms with Crippen molar-refractivity contribution >= 4 is 24.2 Å². The van der Waals surface area contributed by atoms with E-state index >= 15 is 0 Å². The largest absolute Gasteiger partial charge is 0.443 e. The molecule has 0 atom stereocenters. The number of terminal acetylenes is 1. The molecule has 0 fully saturated rings. The van der Waals surface area contributed by atoms with Crippen molar-refractivity contribution < 1.29 is 27.3 Å². The van der Waals surface area contributed by atoms with Crippen LogP contribution >= 0.6 is 7.14 Å². The van der Waals surface area contributed by atoms with Gasteiger partial charge in [0.1, 0.15) is 12.7 Å². The van der Waals surface area contributed by atoms with E-state index in [2.05, 4.69) is 5.92 Å². The number of alkyl halides is 3. The van der Waals surface area contributed by atoms with Gasteiger partial charge in [0.2, 0.25) is 0 Å². The highest BCUT2D eigenvalue weighted by Crippen LogP contribution is 2.41. The van der Waals surface area contributed by atoms with E-state index in [0.717, 1.165) is 17.0 Å². The van der Waals surface area contributed by atoms with Gasteiger partial charge in [-0.05, 0) is 52.3 Å². The minimum Gasteiger partial charge on any atom is -0.443 e. The lowest BCUT2D eigenvalue weighted by atomic mass is 10.1. The van der Waals surface area contributed by atoms with Crippen molar-refractivity contribution in [2.45, 2.75) is 32.5 Å². The van der Waals surface area contributed by atoms with Crippen molar-refractivity contribution in [3.8, 4) is 12.3 Å². The zero-order chi connectivity index (χ0) is 19.6. The quantitative estimate of drug-likeness (QED) is 0.584. The second-order valence-corrected chi connectivity index (χ2v) is 10.0. The summed E-state index contributed by atoms with van der Waals surface area (Å²) in [7, 11) is -2.91. The van der Waals surface area contributed by atoms with Gasteiger partial charge >= 0.3 is 12.3 Å². The van der Waals surface area contributed by atoms with Crippen LogP contribution in [0, 0.1) is 12.3 Å². The van der Waals surface area contributed by atoms with Gasteiger partial charge in [0.15, 0.2) is 0 Å². The molecule has 138 valence electrons. The number of carbonyl (C=O) groups excluding carboxylic acids is 1. The smallest absolute Gasteiger partial charge is 0.418 e. The fourth-order valence-electron chi connectivity index (χ4n) is 1.98. The van der Waals surface area contributed by atoms with E-state index in [4.69, 9.17) is 11.2 Å². The number of halogens is 3. The van der Waals surface area contributed by atoms with Crippen LogP contribution in [0.2, 0.25) is 0 Å². The average Bonchev–Trinajstić information content (AvgIpc) is 2.40. The van der Waals surface area contributed by atoms with E-state index in [0.29, 0.717) is 0 Å². The molecule has 0 saturated carbocycles. The van der Waals surface area contributed by atoms with Gasteiger partial charge in [-0.2, -0.15) is 13.2 Å². The van der Waals surface area contributed by atoms with E-state index in [-0.39, 0.29) is 5.30 Å². The fourth-order valence-corrected chi connectivity index (χ4v) is 2.85. The Bertz CT molecular complexity index is 739. The van der Waals surface area contributed by atoms with Crippen LogP contribution in [0.1, 0.15) is 26.3 Å². The van der Waals surface area contributed by atoms with Gasteiger partial charge in [0.05, 0.1) is 17.8 Å². The number of anilines is 1. The van der Waals surface area contributed by atoms with Gasteiger partial charge in [-0.15, -0.1) is 6.42 Å². The molecule has 1 aromatic rings. The predicted molar refractivity (Wildman–Crippen MR) is 92.9 cm³/mol. The molecular formula is C17H21F3NO3P. The molecule has 0 N–H and O–H groups in total. The summed E-state index contributed by atoms with van der Waals surface area (Å²) in [5.74, 6) is 2.16. The molecule has 1 rings (SSSR count). The molecular weight excluding hydrogens is 354 g/mol. The minimum atomic E-state index is -4.75. The first-order valence-corrected chi connectivity index (χ1v) is 9.97. The normalized spacial score (nSPS) is 12.4. The summed E-state index contributed by atoms with van der Waals surface area (Å²) in [5.41, 5.74) is -2.42. The summed E-state index contributed by atoms with van der Waals surface area (Å²) in [6.45, 7) is 7.13. The van der Waals surface area contributed by atoms with Gasteiger partial charge in [-0.25, -0.2) is 4.79 Å². The third-order valence-corrected chi connectivity index (χ3v) is 4.58. The number of hydrogen-bond acceptors (Lipinski definition) is 3. The molecule has 0 aromatic heterocycles. The molecule has 25 heavy (non-hydrogen) atoms. The molecule has 0 heterocycles. The van der Waals surface area contributed by atoms with Crippen molar-refractivity contribution in [2.24, 2.45) is 0 Å². The topological polar surface area (TPSA) is 46.6 Å². The van der Waals surface area contributed by atoms with Gasteiger partial charge in [-0.3, -0.25) is 4.90 Å². The Morgan fingerprint density at radius 2 is 1.84 bits per heavy atom. The molecule has 0 bridgehead atoms. The number of ether oxygens (including phenoxy) is 1. The molecule has 8 heteroatoms. The van der Waals surface area contributed by atoms with E-state index in [1.54, 1.807) is 20.8 Å². The van der Waals surface area contributed by atoms with Gasteiger partial charge in [0, 0.05) is 5.30 Å². The lowest BCUT2D eigenvalue weighted by molar-refractivity contribution is -0.137. The average molecular weight is 375 g/mol. The van der Waals surface area contributed by atoms with Crippen molar-refractivity contribution in [3.63, 3.8) is 0 Å². The Morgan fingerprint density at radius 1 is 1.28 bits per heavy atom. The van der Waals surface area contributed by atoms with Crippen LogP contribution in [0.5, 0.6) is 0 Å². The lowest BCUT2D eigenvalue weighted by Crippen LogP contribution is -2.38. The van der Waals surface area contributed by atoms with Crippen molar-refractivity contribution in [2.75, 3.05) is 24.8 Å². The van der Waals surface area contributed by atoms with E-state index in [1.807, 2.05) is 0 Å². The Hall–Kier alpha value is -1.93. The molecule has 0 spiro atoms.